The van der Waals surface area contributed by atoms with Crippen LogP contribution in [0.1, 0.15) is 69.0 Å². The zero-order chi connectivity index (χ0) is 23.9. The van der Waals surface area contributed by atoms with Crippen LogP contribution in [0.5, 0.6) is 0 Å². The molecule has 6 nitrogen and oxygen atoms in total. The molecule has 0 saturated heterocycles. The Morgan fingerprint density at radius 2 is 0.649 bits per heavy atom. The molecule has 7 heterocycles. The summed E-state index contributed by atoms with van der Waals surface area (Å²) in [6.07, 6.45) is 5.46. The third-order valence-corrected chi connectivity index (χ3v) is 6.77. The molecule has 0 fully saturated rings. The summed E-state index contributed by atoms with van der Waals surface area (Å²) in [4.78, 5) is 29.4. The first-order chi connectivity index (χ1) is 17.8. The predicted octanol–water partition coefficient (Wildman–Crippen LogP) is 4.59. The summed E-state index contributed by atoms with van der Waals surface area (Å²) in [5.74, 6) is -0.543. The van der Waals surface area contributed by atoms with Crippen molar-refractivity contribution in [3.8, 4) is 0 Å². The van der Waals surface area contributed by atoms with Gasteiger partial charge in [-0.3, -0.25) is 15.0 Å². The number of fused-ring (bicyclic) bond motifs is 6. The van der Waals surface area contributed by atoms with Gasteiger partial charge in [0.05, 0.1) is 0 Å². The molecule has 1 aliphatic rings. The number of aromatic nitrogens is 6. The molecule has 0 saturated carbocycles. The first-order valence-corrected chi connectivity index (χ1v) is 12.0. The van der Waals surface area contributed by atoms with Crippen molar-refractivity contribution in [3.05, 3.63) is 161 Å². The van der Waals surface area contributed by atoms with Crippen molar-refractivity contribution in [2.24, 2.45) is 0 Å². The first kappa shape index (κ1) is 23.3. The minimum Gasteiger partial charge on any atom is -0.663 e. The predicted molar refractivity (Wildman–Crippen MR) is 135 cm³/mol. The summed E-state index contributed by atoms with van der Waals surface area (Å²) in [5, 5.41) is 0. The van der Waals surface area contributed by atoms with E-state index in [0.29, 0.717) is 0 Å². The molecule has 37 heavy (non-hydrogen) atoms. The monoisotopic (exact) mass is 658 g/mol. The Bertz CT molecular complexity index is 1350. The Hall–Kier alpha value is -4.06. The Labute approximate surface area is 228 Å². The first-order valence-electron chi connectivity index (χ1n) is 12.0. The Morgan fingerprint density at radius 3 is 0.865 bits per heavy atom. The van der Waals surface area contributed by atoms with Gasteiger partial charge in [0.15, 0.2) is 0 Å². The number of pyridine rings is 3. The molecule has 6 bridgehead atoms. The van der Waals surface area contributed by atoms with Crippen LogP contribution in [0.4, 0.5) is 0 Å². The van der Waals surface area contributed by atoms with Gasteiger partial charge in [0.1, 0.15) is 0 Å². The molecule has 0 unspecified atom stereocenters. The molecule has 0 spiro atoms. The second kappa shape index (κ2) is 9.77. The Balaban J connectivity index is 0.00000252. The third kappa shape index (κ3) is 4.16. The van der Waals surface area contributed by atoms with E-state index in [-0.39, 0.29) is 37.9 Å². The quantitative estimate of drug-likeness (QED) is 0.277. The third-order valence-electron chi connectivity index (χ3n) is 6.77. The molecular weight excluding hydrogens is 637 g/mol. The van der Waals surface area contributed by atoms with Gasteiger partial charge in [-0.2, -0.15) is 0 Å². The molecule has 0 aromatic carbocycles. The van der Waals surface area contributed by atoms with Gasteiger partial charge >= 0.3 is 20.1 Å². The van der Waals surface area contributed by atoms with Crippen molar-refractivity contribution in [3.63, 3.8) is 0 Å². The van der Waals surface area contributed by atoms with Crippen LogP contribution in [0, 0.1) is 0 Å². The normalized spacial score (nSPS) is 18.3. The summed E-state index contributed by atoms with van der Waals surface area (Å²) in [6, 6.07) is 30.4. The molecule has 0 radical (unpaired) electrons. The number of hydrogen-bond donors (Lipinski definition) is 0. The summed E-state index contributed by atoms with van der Waals surface area (Å²) in [5.41, 5.74) is 8.22. The summed E-state index contributed by atoms with van der Waals surface area (Å²) in [7, 11) is 0. The van der Waals surface area contributed by atoms with Crippen LogP contribution < -0.4 is 15.0 Å². The Kier molecular flexibility index (Phi) is 6.16. The van der Waals surface area contributed by atoms with Crippen LogP contribution in [-0.4, -0.2) is 15.0 Å². The maximum Gasteiger partial charge on any atom is 3.00 e. The van der Waals surface area contributed by atoms with Crippen molar-refractivity contribution >= 4 is 0 Å². The summed E-state index contributed by atoms with van der Waals surface area (Å²) >= 11 is 0. The zero-order valence-corrected chi connectivity index (χ0v) is 22.0. The Morgan fingerprint density at radius 1 is 0.378 bits per heavy atom. The second-order valence-corrected chi connectivity index (χ2v) is 8.95. The van der Waals surface area contributed by atoms with Gasteiger partial charge in [0.25, 0.3) is 0 Å². The van der Waals surface area contributed by atoms with Crippen LogP contribution in [0.2, 0.25) is 0 Å². The largest absolute Gasteiger partial charge is 3.00 e. The molecule has 0 atom stereocenters. The fourth-order valence-corrected chi connectivity index (χ4v) is 5.15. The number of hydrogen-bond acceptors (Lipinski definition) is 3. The van der Waals surface area contributed by atoms with Crippen LogP contribution in [0.3, 0.4) is 0 Å². The molecule has 6 aromatic rings. The van der Waals surface area contributed by atoms with E-state index in [4.69, 9.17) is 15.0 Å². The van der Waals surface area contributed by atoms with Crippen molar-refractivity contribution in [1.82, 2.24) is 29.9 Å². The maximum absolute atomic E-state index is 5.13. The van der Waals surface area contributed by atoms with Gasteiger partial charge in [0, 0.05) is 53.4 Å². The molecule has 0 N–H and O–H groups in total. The molecule has 180 valence electrons. The number of rotatable bonds is 3. The average Bonchev–Trinajstić information content (AvgIpc) is 3.70. The molecule has 0 amide bonds. The minimum absolute atomic E-state index is 0. The van der Waals surface area contributed by atoms with Gasteiger partial charge in [-0.05, 0) is 36.4 Å². The topological polar surface area (TPSA) is 81.0 Å². The zero-order valence-electron chi connectivity index (χ0n) is 19.6. The fraction of sp³-hybridized carbons (Fsp3) is 0.100. The molecule has 7 rings (SSSR count). The smallest absolute Gasteiger partial charge is 0.663 e. The van der Waals surface area contributed by atoms with Crippen LogP contribution in [0.25, 0.3) is 0 Å². The number of nitrogens with zero attached hydrogens (tertiary/aromatic N) is 6. The molecule has 6 aromatic heterocycles. The SMILES string of the molecule is [Ir+3].c1ccc(C2c3ccc([n-]3)C(c3ccccn3)c3ccc([n-]3)C(c3ccccn3)c3ccc2[n-]3)nc1. The van der Waals surface area contributed by atoms with E-state index in [1.807, 2.05) is 73.2 Å². The molecule has 1 aliphatic heterocycles. The molecule has 7 heteroatoms. The van der Waals surface area contributed by atoms with Crippen molar-refractivity contribution in [2.75, 3.05) is 0 Å². The van der Waals surface area contributed by atoms with E-state index in [0.717, 1.165) is 51.2 Å². The van der Waals surface area contributed by atoms with Gasteiger partial charge in [-0.15, -0.1) is 34.2 Å². The van der Waals surface area contributed by atoms with E-state index in [9.17, 15) is 0 Å². The average molecular weight is 658 g/mol. The van der Waals surface area contributed by atoms with E-state index in [1.54, 1.807) is 0 Å². The van der Waals surface area contributed by atoms with Gasteiger partial charge in [0.2, 0.25) is 0 Å². The van der Waals surface area contributed by atoms with Gasteiger partial charge < -0.3 is 15.0 Å². The van der Waals surface area contributed by atoms with Crippen LogP contribution in [-0.2, 0) is 20.1 Å². The summed E-state index contributed by atoms with van der Waals surface area (Å²) in [6.45, 7) is 0. The van der Waals surface area contributed by atoms with Crippen molar-refractivity contribution < 1.29 is 20.1 Å². The van der Waals surface area contributed by atoms with E-state index in [1.165, 1.54) is 0 Å². The van der Waals surface area contributed by atoms with Crippen molar-refractivity contribution in [1.29, 1.82) is 0 Å². The van der Waals surface area contributed by atoms with Gasteiger partial charge in [-0.25, -0.2) is 0 Å². The van der Waals surface area contributed by atoms with Crippen LogP contribution in [0.15, 0.2) is 110 Å². The molecule has 0 aliphatic carbocycles. The van der Waals surface area contributed by atoms with E-state index in [2.05, 4.69) is 51.4 Å². The summed E-state index contributed by atoms with van der Waals surface area (Å²) < 4.78 is 0. The second-order valence-electron chi connectivity index (χ2n) is 8.95. The standard InChI is InChI=1S/C30H21N6.Ir/c1-4-16-31-19(7-1)28-22-10-12-24(34-22)29(20-8-2-5-17-32-20)26-14-15-27(36-26)30(21-9-3-6-18-33-21)25-13-11-23(28)35-25;/h1-18,28-30H;/q-3;+3. The maximum atomic E-state index is 5.13. The van der Waals surface area contributed by atoms with E-state index >= 15 is 0 Å². The van der Waals surface area contributed by atoms with Gasteiger partial charge in [-0.1, -0.05) is 54.6 Å². The van der Waals surface area contributed by atoms with Crippen LogP contribution >= 0.6 is 0 Å². The molecular formula is C30H21IrN6. The van der Waals surface area contributed by atoms with E-state index < -0.39 is 0 Å². The minimum atomic E-state index is -0.181. The fourth-order valence-electron chi connectivity index (χ4n) is 5.15. The van der Waals surface area contributed by atoms with Crippen molar-refractivity contribution in [2.45, 2.75) is 17.8 Å².